The Hall–Kier alpha value is -2.67. The molecule has 0 aliphatic carbocycles. The number of esters is 1. The van der Waals surface area contributed by atoms with Crippen LogP contribution >= 0.6 is 0 Å². The van der Waals surface area contributed by atoms with Crippen molar-refractivity contribution in [2.45, 2.75) is 26.3 Å². The Balaban J connectivity index is 0.00000280. The Morgan fingerprint density at radius 2 is 1.79 bits per heavy atom. The molecule has 28 heavy (non-hydrogen) atoms. The predicted octanol–water partition coefficient (Wildman–Crippen LogP) is 0.127. The fraction of sp³-hybridized carbons (Fsp3) is 0.286. The zero-order valence-electron chi connectivity index (χ0n) is 16.0. The molecule has 0 saturated heterocycles. The SMILES string of the molecule is CCOC(=O)CCC[n+]1nc(-c2ccc(OC)cc2)c2ccccc2c1N.[Br-]. The standard InChI is InChI=1S/C21H23N3O3.BrH/c1-3-27-19(25)9-6-14-24-21(22)18-8-5-4-7-17(18)20(23-24)15-10-12-16(26-2)13-11-15;/h4-5,7-8,10-13,22H,3,6,9,14H2,1-2H3;1H. The van der Waals surface area contributed by atoms with E-state index in [-0.39, 0.29) is 23.0 Å². The van der Waals surface area contributed by atoms with E-state index in [0.717, 1.165) is 27.8 Å². The number of hydrogen-bond acceptors (Lipinski definition) is 5. The van der Waals surface area contributed by atoms with Crippen molar-refractivity contribution in [2.24, 2.45) is 0 Å². The maximum absolute atomic E-state index is 11.6. The van der Waals surface area contributed by atoms with Gasteiger partial charge in [0.1, 0.15) is 18.0 Å². The summed E-state index contributed by atoms with van der Waals surface area (Å²) in [6.07, 6.45) is 0.952. The normalized spacial score (nSPS) is 10.4. The van der Waals surface area contributed by atoms with Gasteiger partial charge in [0.2, 0.25) is 0 Å². The van der Waals surface area contributed by atoms with Gasteiger partial charge in [-0.1, -0.05) is 23.3 Å². The molecule has 2 aromatic carbocycles. The van der Waals surface area contributed by atoms with Crippen molar-refractivity contribution in [1.29, 1.82) is 0 Å². The summed E-state index contributed by atoms with van der Waals surface area (Å²) in [5, 5.41) is 6.69. The molecule has 3 aromatic rings. The summed E-state index contributed by atoms with van der Waals surface area (Å²) in [5.41, 5.74) is 8.18. The minimum absolute atomic E-state index is 0. The summed E-state index contributed by atoms with van der Waals surface area (Å²) in [7, 11) is 1.64. The number of anilines is 1. The number of halogens is 1. The highest BCUT2D eigenvalue weighted by Gasteiger charge is 2.18. The Morgan fingerprint density at radius 3 is 2.43 bits per heavy atom. The van der Waals surface area contributed by atoms with Crippen LogP contribution in [0.1, 0.15) is 19.8 Å². The fourth-order valence-electron chi connectivity index (χ4n) is 3.02. The molecule has 0 aliphatic rings. The highest BCUT2D eigenvalue weighted by molar-refractivity contribution is 5.98. The number of hydrogen-bond donors (Lipinski definition) is 1. The molecule has 2 N–H and O–H groups in total. The minimum atomic E-state index is -0.201. The first-order valence-electron chi connectivity index (χ1n) is 9.02. The molecule has 0 atom stereocenters. The zero-order chi connectivity index (χ0) is 19.2. The number of aryl methyl sites for hydroxylation is 1. The van der Waals surface area contributed by atoms with Crippen LogP contribution in [0.4, 0.5) is 5.82 Å². The topological polar surface area (TPSA) is 78.3 Å². The van der Waals surface area contributed by atoms with Crippen LogP contribution in [0.15, 0.2) is 48.5 Å². The number of fused-ring (bicyclic) bond motifs is 1. The average Bonchev–Trinajstić information content (AvgIpc) is 2.70. The van der Waals surface area contributed by atoms with E-state index in [4.69, 9.17) is 20.3 Å². The van der Waals surface area contributed by atoms with E-state index in [2.05, 4.69) is 0 Å². The summed E-state index contributed by atoms with van der Waals surface area (Å²) in [5.74, 6) is 1.18. The molecule has 1 aromatic heterocycles. The molecule has 0 aliphatic heterocycles. The first-order valence-corrected chi connectivity index (χ1v) is 9.02. The zero-order valence-corrected chi connectivity index (χ0v) is 17.6. The van der Waals surface area contributed by atoms with Crippen LogP contribution in [-0.2, 0) is 16.1 Å². The van der Waals surface area contributed by atoms with Gasteiger partial charge < -0.3 is 26.5 Å². The third kappa shape index (κ3) is 4.78. The number of benzene rings is 2. The minimum Gasteiger partial charge on any atom is -1.00 e. The van der Waals surface area contributed by atoms with Crippen molar-refractivity contribution >= 4 is 22.6 Å². The monoisotopic (exact) mass is 445 g/mol. The lowest BCUT2D eigenvalue weighted by Crippen LogP contribution is -3.00. The van der Waals surface area contributed by atoms with Crippen molar-refractivity contribution < 1.29 is 35.9 Å². The van der Waals surface area contributed by atoms with Gasteiger partial charge in [-0.3, -0.25) is 10.5 Å². The largest absolute Gasteiger partial charge is 1.00 e. The van der Waals surface area contributed by atoms with Gasteiger partial charge in [0.25, 0.3) is 0 Å². The third-order valence-electron chi connectivity index (χ3n) is 4.38. The maximum Gasteiger partial charge on any atom is 0.305 e. The number of aromatic nitrogens is 2. The Morgan fingerprint density at radius 1 is 1.11 bits per heavy atom. The predicted molar refractivity (Wildman–Crippen MR) is 104 cm³/mol. The number of carbonyl (C=O) groups is 1. The molecule has 1 heterocycles. The lowest BCUT2D eigenvalue weighted by atomic mass is 10.0. The molecule has 0 amide bonds. The van der Waals surface area contributed by atoms with Crippen molar-refractivity contribution in [2.75, 3.05) is 19.5 Å². The fourth-order valence-corrected chi connectivity index (χ4v) is 3.02. The summed E-state index contributed by atoms with van der Waals surface area (Å²) >= 11 is 0. The summed E-state index contributed by atoms with van der Waals surface area (Å²) < 4.78 is 12.0. The number of nitrogen functional groups attached to an aromatic ring is 1. The molecule has 7 heteroatoms. The van der Waals surface area contributed by atoms with Gasteiger partial charge >= 0.3 is 11.8 Å². The van der Waals surface area contributed by atoms with Crippen LogP contribution in [0.5, 0.6) is 5.75 Å². The van der Waals surface area contributed by atoms with E-state index < -0.39 is 0 Å². The second-order valence-corrected chi connectivity index (χ2v) is 6.14. The third-order valence-corrected chi connectivity index (χ3v) is 4.38. The van der Waals surface area contributed by atoms with Crippen LogP contribution < -0.4 is 32.1 Å². The quantitative estimate of drug-likeness (QED) is 0.413. The van der Waals surface area contributed by atoms with Gasteiger partial charge in [-0.25, -0.2) is 0 Å². The van der Waals surface area contributed by atoms with Gasteiger partial charge in [-0.15, -0.1) is 4.68 Å². The van der Waals surface area contributed by atoms with Crippen molar-refractivity contribution in [3.05, 3.63) is 48.5 Å². The molecule has 6 nitrogen and oxygen atoms in total. The molecule has 0 unspecified atom stereocenters. The van der Waals surface area contributed by atoms with E-state index in [1.54, 1.807) is 18.7 Å². The lowest BCUT2D eigenvalue weighted by molar-refractivity contribution is -0.738. The number of methoxy groups -OCH3 is 1. The van der Waals surface area contributed by atoms with Crippen molar-refractivity contribution in [3.63, 3.8) is 0 Å². The number of nitrogens with zero attached hydrogens (tertiary/aromatic N) is 2. The lowest BCUT2D eigenvalue weighted by Gasteiger charge is -2.10. The molecular formula is C21H24BrN3O3. The first-order chi connectivity index (χ1) is 13.1. The van der Waals surface area contributed by atoms with Crippen molar-refractivity contribution in [1.82, 2.24) is 5.10 Å². The summed E-state index contributed by atoms with van der Waals surface area (Å²) in [6, 6.07) is 15.7. The van der Waals surface area contributed by atoms with Gasteiger partial charge in [0, 0.05) is 17.4 Å². The highest BCUT2D eigenvalue weighted by atomic mass is 79.9. The molecule has 0 fully saturated rings. The van der Waals surface area contributed by atoms with E-state index in [0.29, 0.717) is 31.8 Å². The number of carbonyl (C=O) groups excluding carboxylic acids is 1. The van der Waals surface area contributed by atoms with E-state index in [1.807, 2.05) is 48.5 Å². The van der Waals surface area contributed by atoms with Crippen LogP contribution in [0, 0.1) is 0 Å². The van der Waals surface area contributed by atoms with Gasteiger partial charge in [-0.05, 0) is 43.7 Å². The van der Waals surface area contributed by atoms with E-state index in [1.165, 1.54) is 0 Å². The van der Waals surface area contributed by atoms with Gasteiger partial charge in [-0.2, -0.15) is 0 Å². The molecule has 148 valence electrons. The molecule has 3 rings (SSSR count). The van der Waals surface area contributed by atoms with Crippen LogP contribution in [0.3, 0.4) is 0 Å². The molecule has 0 spiro atoms. The van der Waals surface area contributed by atoms with Crippen molar-refractivity contribution in [3.8, 4) is 17.0 Å². The smallest absolute Gasteiger partial charge is 0.305 e. The molecule has 0 saturated carbocycles. The van der Waals surface area contributed by atoms with E-state index >= 15 is 0 Å². The highest BCUT2D eigenvalue weighted by Crippen LogP contribution is 2.29. The number of nitrogens with two attached hydrogens (primary N) is 1. The molecule has 0 radical (unpaired) electrons. The first kappa shape index (κ1) is 21.6. The van der Waals surface area contributed by atoms with Crippen LogP contribution in [-0.4, -0.2) is 24.8 Å². The molecular weight excluding hydrogens is 422 g/mol. The average molecular weight is 446 g/mol. The second-order valence-electron chi connectivity index (χ2n) is 6.14. The van der Waals surface area contributed by atoms with E-state index in [9.17, 15) is 4.79 Å². The van der Waals surface area contributed by atoms with Gasteiger partial charge in [0.05, 0.1) is 19.1 Å². The Labute approximate surface area is 175 Å². The number of rotatable bonds is 7. The Kier molecular flexibility index (Phi) is 7.75. The summed E-state index contributed by atoms with van der Waals surface area (Å²) in [6.45, 7) is 2.74. The van der Waals surface area contributed by atoms with Gasteiger partial charge in [0.15, 0.2) is 0 Å². The summed E-state index contributed by atoms with van der Waals surface area (Å²) in [4.78, 5) is 11.6. The number of ether oxygens (including phenoxy) is 2. The van der Waals surface area contributed by atoms with Crippen LogP contribution in [0.2, 0.25) is 0 Å². The van der Waals surface area contributed by atoms with Crippen LogP contribution in [0.25, 0.3) is 22.0 Å². The Bertz CT molecular complexity index is 946. The molecule has 0 bridgehead atoms. The maximum atomic E-state index is 11.6. The second kappa shape index (κ2) is 10.0.